The van der Waals surface area contributed by atoms with Crippen LogP contribution in [0.1, 0.15) is 69.6 Å². The number of hydrogen-bond donors (Lipinski definition) is 2. The molecule has 0 aromatic heterocycles. The molecule has 0 amide bonds. The summed E-state index contributed by atoms with van der Waals surface area (Å²) in [4.78, 5) is 21.1. The Balaban J connectivity index is 1.36. The topological polar surface area (TPSA) is 287 Å². The molecule has 0 spiro atoms. The van der Waals surface area contributed by atoms with Crippen molar-refractivity contribution >= 4 is 5.97 Å². The molecular weight excluding hydrogens is 871 g/mol. The number of benzene rings is 3. The molecule has 3 aliphatic rings. The van der Waals surface area contributed by atoms with Crippen molar-refractivity contribution < 1.29 is 57.6 Å². The molecular formula is C46H59N9O12. The van der Waals surface area contributed by atoms with Crippen LogP contribution in [0, 0.1) is 0 Å². The molecule has 0 unspecified atom stereocenters. The Morgan fingerprint density at radius 2 is 1.10 bits per heavy atom. The van der Waals surface area contributed by atoms with Gasteiger partial charge in [-0.3, -0.25) is 4.79 Å². The van der Waals surface area contributed by atoms with E-state index in [1.165, 1.54) is 7.11 Å². The number of rotatable bonds is 22. The van der Waals surface area contributed by atoms with Crippen LogP contribution in [-0.2, 0) is 67.2 Å². The maximum atomic E-state index is 12.3. The first kappa shape index (κ1) is 51.1. The van der Waals surface area contributed by atoms with E-state index in [0.717, 1.165) is 16.7 Å². The van der Waals surface area contributed by atoms with Gasteiger partial charge in [0.05, 0.1) is 69.0 Å². The van der Waals surface area contributed by atoms with Gasteiger partial charge < -0.3 is 52.8 Å². The van der Waals surface area contributed by atoms with Crippen molar-refractivity contribution in [2.24, 2.45) is 15.3 Å². The van der Waals surface area contributed by atoms with Gasteiger partial charge in [0.1, 0.15) is 30.5 Å². The van der Waals surface area contributed by atoms with Gasteiger partial charge in [-0.05, 0) is 66.9 Å². The Kier molecular flexibility index (Phi) is 19.2. The van der Waals surface area contributed by atoms with Crippen LogP contribution in [0.15, 0.2) is 106 Å². The Hall–Kier alpha value is -5.34. The van der Waals surface area contributed by atoms with Crippen LogP contribution in [0.25, 0.3) is 31.3 Å². The van der Waals surface area contributed by atoms with Gasteiger partial charge in [-0.15, -0.1) is 0 Å². The first-order valence-corrected chi connectivity index (χ1v) is 22.3. The summed E-state index contributed by atoms with van der Waals surface area (Å²) in [6.07, 6.45) is -12.1. The molecule has 21 heteroatoms. The smallest absolute Gasteiger partial charge is 0.305 e. The highest BCUT2D eigenvalue weighted by Gasteiger charge is 2.57. The molecule has 0 aliphatic carbocycles. The Morgan fingerprint density at radius 1 is 0.627 bits per heavy atom. The Labute approximate surface area is 388 Å². The third-order valence-electron chi connectivity index (χ3n) is 12.2. The molecule has 6 rings (SSSR count). The van der Waals surface area contributed by atoms with E-state index >= 15 is 0 Å². The lowest BCUT2D eigenvalue weighted by atomic mass is 9.82. The van der Waals surface area contributed by atoms with Gasteiger partial charge in [-0.2, -0.15) is 0 Å². The molecule has 0 saturated carbocycles. The van der Waals surface area contributed by atoms with E-state index < -0.39 is 91.4 Å². The van der Waals surface area contributed by atoms with Gasteiger partial charge in [-0.25, -0.2) is 0 Å². The number of carbonyl (C=O) groups excluding carboxylic acids is 1. The zero-order chi connectivity index (χ0) is 47.8. The monoisotopic (exact) mass is 929 g/mol. The molecule has 3 heterocycles. The summed E-state index contributed by atoms with van der Waals surface area (Å²) < 4.78 is 56.7. The molecule has 3 aliphatic heterocycles. The van der Waals surface area contributed by atoms with E-state index in [4.69, 9.17) is 42.6 Å². The van der Waals surface area contributed by atoms with E-state index in [1.54, 1.807) is 20.8 Å². The molecule has 21 nitrogen and oxygen atoms in total. The molecule has 0 radical (unpaired) electrons. The molecule has 67 heavy (non-hydrogen) atoms. The minimum absolute atomic E-state index is 0.0181. The van der Waals surface area contributed by atoms with Gasteiger partial charge in [0.25, 0.3) is 0 Å². The number of esters is 1. The molecule has 0 bridgehead atoms. The van der Waals surface area contributed by atoms with Crippen molar-refractivity contribution in [3.63, 3.8) is 0 Å². The summed E-state index contributed by atoms with van der Waals surface area (Å²) in [6.45, 7) is 5.16. The second-order valence-electron chi connectivity index (χ2n) is 16.9. The quantitative estimate of drug-likeness (QED) is 0.0323. The van der Waals surface area contributed by atoms with Gasteiger partial charge in [0.2, 0.25) is 0 Å². The number of aliphatic hydroxyl groups excluding tert-OH is 2. The molecule has 3 saturated heterocycles. The molecule has 3 fully saturated rings. The molecule has 2 N–H and O–H groups in total. The molecule has 15 atom stereocenters. The third kappa shape index (κ3) is 13.4. The van der Waals surface area contributed by atoms with Gasteiger partial charge >= 0.3 is 5.97 Å². The van der Waals surface area contributed by atoms with Crippen LogP contribution in [0.5, 0.6) is 0 Å². The Morgan fingerprint density at radius 3 is 1.63 bits per heavy atom. The van der Waals surface area contributed by atoms with Crippen LogP contribution in [0.4, 0.5) is 0 Å². The fourth-order valence-corrected chi connectivity index (χ4v) is 8.63. The van der Waals surface area contributed by atoms with Crippen LogP contribution < -0.4 is 0 Å². The Bertz CT molecular complexity index is 2150. The van der Waals surface area contributed by atoms with Crippen molar-refractivity contribution in [2.75, 3.05) is 7.11 Å². The lowest BCUT2D eigenvalue weighted by molar-refractivity contribution is -0.392. The summed E-state index contributed by atoms with van der Waals surface area (Å²) in [5, 5.41) is 36.3. The summed E-state index contributed by atoms with van der Waals surface area (Å²) in [7, 11) is 1.33. The van der Waals surface area contributed by atoms with Gasteiger partial charge in [0.15, 0.2) is 18.9 Å². The standard InChI is InChI=1S/C46H59N9O12/c1-28-34(50-53-47)38(60-25-30-17-9-5-10-18-30)36(57)43(63-28)66-45-41(39(35(51-54-48)29(2)64-45)61-26-31-19-11-6-12-20-31)65-44-37(58)40(62-27-32-21-13-7-14-22-32)42(52-55-49)46(3,67-44)24-16-8-15-23-33(56)59-4/h5-7,9-14,17-22,28-29,34-45,57-58H,8,15-16,23-27H2,1-4H3/t28-,29-,34-,35-,36+,37+,38+,39+,40-,41+,42+,43-,44+,45-,46+/m1/s1. The molecule has 360 valence electrons. The maximum absolute atomic E-state index is 12.3. The fraction of sp³-hybridized carbons (Fsp3) is 0.587. The van der Waals surface area contributed by atoms with E-state index in [-0.39, 0.29) is 38.6 Å². The third-order valence-corrected chi connectivity index (χ3v) is 12.2. The predicted octanol–water partition coefficient (Wildman–Crippen LogP) is 7.63. The van der Waals surface area contributed by atoms with Crippen LogP contribution in [0.3, 0.4) is 0 Å². The fourth-order valence-electron chi connectivity index (χ4n) is 8.63. The lowest BCUT2D eigenvalue weighted by Crippen LogP contribution is -2.67. The van der Waals surface area contributed by atoms with Crippen molar-refractivity contribution in [1.82, 2.24) is 0 Å². The van der Waals surface area contributed by atoms with Crippen molar-refractivity contribution in [3.05, 3.63) is 139 Å². The first-order valence-electron chi connectivity index (χ1n) is 22.3. The number of ether oxygens (including phenoxy) is 9. The van der Waals surface area contributed by atoms with Crippen molar-refractivity contribution in [1.29, 1.82) is 0 Å². The largest absolute Gasteiger partial charge is 0.469 e. The van der Waals surface area contributed by atoms with Crippen molar-refractivity contribution in [2.45, 2.75) is 164 Å². The van der Waals surface area contributed by atoms with Crippen LogP contribution >= 0.6 is 0 Å². The minimum Gasteiger partial charge on any atom is -0.469 e. The lowest BCUT2D eigenvalue weighted by Gasteiger charge is -2.52. The number of carbonyl (C=O) groups is 1. The average molecular weight is 930 g/mol. The number of aliphatic hydroxyl groups is 2. The van der Waals surface area contributed by atoms with Crippen LogP contribution in [0.2, 0.25) is 0 Å². The number of unbranched alkanes of at least 4 members (excludes halogenated alkanes) is 2. The zero-order valence-corrected chi connectivity index (χ0v) is 37.9. The molecule has 3 aromatic rings. The number of methoxy groups -OCH3 is 1. The predicted molar refractivity (Wildman–Crippen MR) is 239 cm³/mol. The molecule has 3 aromatic carbocycles. The van der Waals surface area contributed by atoms with Crippen molar-refractivity contribution in [3.8, 4) is 0 Å². The normalized spacial score (nSPS) is 32.7. The van der Waals surface area contributed by atoms with Gasteiger partial charge in [-0.1, -0.05) is 119 Å². The summed E-state index contributed by atoms with van der Waals surface area (Å²) in [5.74, 6) is -0.340. The first-order chi connectivity index (χ1) is 32.5. The number of azide groups is 3. The summed E-state index contributed by atoms with van der Waals surface area (Å²) in [6, 6.07) is 24.7. The number of hydrogen-bond acceptors (Lipinski definition) is 15. The highest BCUT2D eigenvalue weighted by Crippen LogP contribution is 2.41. The summed E-state index contributed by atoms with van der Waals surface area (Å²) in [5.41, 5.74) is 30.2. The van der Waals surface area contributed by atoms with E-state index in [9.17, 15) is 31.6 Å². The number of nitrogens with zero attached hydrogens (tertiary/aromatic N) is 9. The van der Waals surface area contributed by atoms with E-state index in [1.807, 2.05) is 91.0 Å². The highest BCUT2D eigenvalue weighted by molar-refractivity contribution is 5.68. The highest BCUT2D eigenvalue weighted by atomic mass is 16.8. The average Bonchev–Trinajstić information content (AvgIpc) is 3.33. The van der Waals surface area contributed by atoms with Crippen LogP contribution in [-0.4, -0.2) is 115 Å². The summed E-state index contributed by atoms with van der Waals surface area (Å²) >= 11 is 0. The second-order valence-corrected chi connectivity index (χ2v) is 16.9. The maximum Gasteiger partial charge on any atom is 0.305 e. The van der Waals surface area contributed by atoms with E-state index in [2.05, 4.69) is 30.1 Å². The minimum atomic E-state index is -1.61. The second kappa shape index (κ2) is 25.1. The zero-order valence-electron chi connectivity index (χ0n) is 37.9. The van der Waals surface area contributed by atoms with Gasteiger partial charge in [0, 0.05) is 21.2 Å². The SMILES string of the molecule is COC(=O)CCCCC[C@]1(C)O[C@H](O[C@@H]2[C@@H](O[C@H]3O[C@H](C)[C@@H](N=[N+]=[N-])[C@H](OCc4ccccc4)[C@@H]3O)O[C@H](C)[C@@H](N=[N+]=[N-])[C@@H]2OCc2ccccc2)[C@@H](O)[C@@H](OCc2ccccc2)[C@@H]1N=[N+]=[N-]. The van der Waals surface area contributed by atoms with E-state index in [0.29, 0.717) is 19.3 Å².